The monoisotopic (exact) mass is 380 g/mol. The second-order valence-corrected chi connectivity index (χ2v) is 7.96. The van der Waals surface area contributed by atoms with Crippen molar-refractivity contribution < 1.29 is 9.53 Å². The van der Waals surface area contributed by atoms with Crippen molar-refractivity contribution >= 4 is 11.6 Å². The zero-order valence-corrected chi connectivity index (χ0v) is 17.1. The number of rotatable bonds is 9. The second-order valence-electron chi connectivity index (χ2n) is 7.96. The van der Waals surface area contributed by atoms with E-state index in [0.29, 0.717) is 0 Å². The van der Waals surface area contributed by atoms with Crippen molar-refractivity contribution in [2.75, 3.05) is 31.6 Å². The number of benzene rings is 2. The fraction of sp³-hybridized carbons (Fsp3) is 0.458. The Morgan fingerprint density at radius 2 is 1.86 bits per heavy atom. The molecule has 0 spiro atoms. The number of nitrogens with one attached hydrogen (secondary N) is 1. The summed E-state index contributed by atoms with van der Waals surface area (Å²) in [6, 6.07) is 18.9. The van der Waals surface area contributed by atoms with E-state index in [1.165, 1.54) is 24.5 Å². The number of anilines is 1. The molecular formula is C24H32N2O2. The summed E-state index contributed by atoms with van der Waals surface area (Å²) < 4.78 is 5.89. The Kier molecular flexibility index (Phi) is 7.24. The lowest BCUT2D eigenvalue weighted by Crippen LogP contribution is -2.32. The summed E-state index contributed by atoms with van der Waals surface area (Å²) in [6.07, 6.45) is 3.45. The molecule has 0 aromatic heterocycles. The molecule has 1 heterocycles. The first-order valence-electron chi connectivity index (χ1n) is 10.3. The van der Waals surface area contributed by atoms with Gasteiger partial charge < -0.3 is 10.1 Å². The van der Waals surface area contributed by atoms with Crippen molar-refractivity contribution in [3.05, 3.63) is 65.7 Å². The Labute approximate surface area is 168 Å². The summed E-state index contributed by atoms with van der Waals surface area (Å²) in [5.41, 5.74) is 3.78. The van der Waals surface area contributed by atoms with Crippen LogP contribution in [0.4, 0.5) is 5.69 Å². The van der Waals surface area contributed by atoms with Crippen LogP contribution >= 0.6 is 0 Å². The van der Waals surface area contributed by atoms with Gasteiger partial charge in [-0.15, -0.1) is 0 Å². The quantitative estimate of drug-likeness (QED) is 0.696. The van der Waals surface area contributed by atoms with E-state index in [9.17, 15) is 4.79 Å². The number of ether oxygens (including phenoxy) is 1. The largest absolute Gasteiger partial charge is 0.381 e. The number of likely N-dealkylation sites (tertiary alicyclic amines) is 1. The van der Waals surface area contributed by atoms with Crippen LogP contribution in [0.5, 0.6) is 0 Å². The Morgan fingerprint density at radius 3 is 2.54 bits per heavy atom. The second kappa shape index (κ2) is 9.85. The highest BCUT2D eigenvalue weighted by atomic mass is 16.5. The third kappa shape index (κ3) is 5.91. The van der Waals surface area contributed by atoms with Gasteiger partial charge in [-0.05, 0) is 56.0 Å². The molecule has 0 bridgehead atoms. The van der Waals surface area contributed by atoms with Gasteiger partial charge in [0.15, 0.2) is 0 Å². The standard InChI is InChI=1S/C24H32N2O2/c1-3-28-19-24(14-13-21-7-5-4-6-8-21)15-16-26(18-24)17-22-9-11-23(12-10-22)25-20(2)27/h4-12H,3,13-19H2,1-2H3,(H,25,27)/t24-/m1/s1. The minimum Gasteiger partial charge on any atom is -0.381 e. The Bertz CT molecular complexity index is 745. The molecular weight excluding hydrogens is 348 g/mol. The molecule has 0 unspecified atom stereocenters. The molecule has 1 saturated heterocycles. The van der Waals surface area contributed by atoms with Crippen molar-refractivity contribution in [2.24, 2.45) is 5.41 Å². The van der Waals surface area contributed by atoms with Crippen LogP contribution < -0.4 is 5.32 Å². The third-order valence-corrected chi connectivity index (χ3v) is 5.60. The summed E-state index contributed by atoms with van der Waals surface area (Å²) in [6.45, 7) is 8.36. The molecule has 0 aliphatic carbocycles. The molecule has 1 aliphatic rings. The highest BCUT2D eigenvalue weighted by Crippen LogP contribution is 2.36. The minimum absolute atomic E-state index is 0.0357. The maximum Gasteiger partial charge on any atom is 0.221 e. The molecule has 28 heavy (non-hydrogen) atoms. The van der Waals surface area contributed by atoms with Crippen LogP contribution in [0.25, 0.3) is 0 Å². The predicted octanol–water partition coefficient (Wildman–Crippen LogP) is 4.51. The summed E-state index contributed by atoms with van der Waals surface area (Å²) in [7, 11) is 0. The SMILES string of the molecule is CCOC[C@]1(CCc2ccccc2)CCN(Cc2ccc(NC(C)=O)cc2)C1. The molecule has 1 N–H and O–H groups in total. The van der Waals surface area contributed by atoms with Crippen molar-refractivity contribution in [1.82, 2.24) is 4.90 Å². The molecule has 3 rings (SSSR count). The molecule has 0 radical (unpaired) electrons. The fourth-order valence-corrected chi connectivity index (χ4v) is 4.08. The van der Waals surface area contributed by atoms with Crippen LogP contribution in [0, 0.1) is 5.41 Å². The van der Waals surface area contributed by atoms with Gasteiger partial charge in [0.2, 0.25) is 5.91 Å². The highest BCUT2D eigenvalue weighted by Gasteiger charge is 2.37. The van der Waals surface area contributed by atoms with E-state index in [1.807, 2.05) is 12.1 Å². The van der Waals surface area contributed by atoms with Crippen LogP contribution in [0.1, 0.15) is 37.8 Å². The van der Waals surface area contributed by atoms with Crippen LogP contribution in [0.15, 0.2) is 54.6 Å². The zero-order valence-electron chi connectivity index (χ0n) is 17.1. The number of carbonyl (C=O) groups is 1. The smallest absolute Gasteiger partial charge is 0.221 e. The lowest BCUT2D eigenvalue weighted by atomic mass is 9.82. The van der Waals surface area contributed by atoms with Gasteiger partial charge in [0, 0.05) is 37.7 Å². The Balaban J connectivity index is 1.59. The molecule has 4 heteroatoms. The summed E-state index contributed by atoms with van der Waals surface area (Å²) in [5.74, 6) is -0.0357. The molecule has 4 nitrogen and oxygen atoms in total. The van der Waals surface area contributed by atoms with Crippen LogP contribution in [0.3, 0.4) is 0 Å². The van der Waals surface area contributed by atoms with Crippen molar-refractivity contribution in [3.63, 3.8) is 0 Å². The Morgan fingerprint density at radius 1 is 1.11 bits per heavy atom. The van der Waals surface area contributed by atoms with E-state index < -0.39 is 0 Å². The van der Waals surface area contributed by atoms with Crippen molar-refractivity contribution in [1.29, 1.82) is 0 Å². The van der Waals surface area contributed by atoms with Crippen molar-refractivity contribution in [3.8, 4) is 0 Å². The van der Waals surface area contributed by atoms with Crippen molar-refractivity contribution in [2.45, 2.75) is 39.7 Å². The van der Waals surface area contributed by atoms with Gasteiger partial charge in [0.25, 0.3) is 0 Å². The Hall–Kier alpha value is -2.17. The van der Waals surface area contributed by atoms with Gasteiger partial charge >= 0.3 is 0 Å². The first kappa shape index (κ1) is 20.6. The average Bonchev–Trinajstić information content (AvgIpc) is 3.10. The molecule has 0 saturated carbocycles. The van der Waals surface area contributed by atoms with Gasteiger partial charge in [-0.1, -0.05) is 42.5 Å². The van der Waals surface area contributed by atoms with Gasteiger partial charge in [-0.25, -0.2) is 0 Å². The lowest BCUT2D eigenvalue weighted by Gasteiger charge is -2.29. The molecule has 1 atom stereocenters. The summed E-state index contributed by atoms with van der Waals surface area (Å²) in [5, 5.41) is 2.83. The van der Waals surface area contributed by atoms with E-state index in [2.05, 4.69) is 59.6 Å². The summed E-state index contributed by atoms with van der Waals surface area (Å²) in [4.78, 5) is 13.7. The van der Waals surface area contributed by atoms with Gasteiger partial charge in [-0.3, -0.25) is 9.69 Å². The van der Waals surface area contributed by atoms with Gasteiger partial charge in [0.1, 0.15) is 0 Å². The number of nitrogens with zero attached hydrogens (tertiary/aromatic N) is 1. The number of aryl methyl sites for hydroxylation is 1. The van der Waals surface area contributed by atoms with Crippen LogP contribution in [-0.4, -0.2) is 37.1 Å². The minimum atomic E-state index is -0.0357. The van der Waals surface area contributed by atoms with E-state index in [4.69, 9.17) is 4.74 Å². The van der Waals surface area contributed by atoms with Gasteiger partial charge in [-0.2, -0.15) is 0 Å². The third-order valence-electron chi connectivity index (χ3n) is 5.60. The van der Waals surface area contributed by atoms with E-state index in [0.717, 1.165) is 51.4 Å². The maximum absolute atomic E-state index is 11.2. The van der Waals surface area contributed by atoms with E-state index in [-0.39, 0.29) is 11.3 Å². The summed E-state index contributed by atoms with van der Waals surface area (Å²) >= 11 is 0. The van der Waals surface area contributed by atoms with E-state index >= 15 is 0 Å². The first-order valence-corrected chi connectivity index (χ1v) is 10.3. The average molecular weight is 381 g/mol. The fourth-order valence-electron chi connectivity index (χ4n) is 4.08. The van der Waals surface area contributed by atoms with Gasteiger partial charge in [0.05, 0.1) is 6.61 Å². The molecule has 2 aromatic carbocycles. The molecule has 150 valence electrons. The van der Waals surface area contributed by atoms with E-state index in [1.54, 1.807) is 0 Å². The lowest BCUT2D eigenvalue weighted by molar-refractivity contribution is -0.114. The predicted molar refractivity (Wildman–Crippen MR) is 114 cm³/mol. The maximum atomic E-state index is 11.2. The first-order chi connectivity index (χ1) is 13.6. The highest BCUT2D eigenvalue weighted by molar-refractivity contribution is 5.88. The number of hydrogen-bond acceptors (Lipinski definition) is 3. The zero-order chi connectivity index (χ0) is 19.8. The normalized spacial score (nSPS) is 19.6. The molecule has 1 aliphatic heterocycles. The molecule has 2 aromatic rings. The topological polar surface area (TPSA) is 41.6 Å². The van der Waals surface area contributed by atoms with Crippen LogP contribution in [0.2, 0.25) is 0 Å². The molecule has 1 fully saturated rings. The molecule has 1 amide bonds. The number of hydrogen-bond donors (Lipinski definition) is 1. The number of carbonyl (C=O) groups excluding carboxylic acids is 1. The number of amides is 1. The van der Waals surface area contributed by atoms with Crippen LogP contribution in [-0.2, 0) is 22.5 Å².